The van der Waals surface area contributed by atoms with E-state index in [1.165, 1.54) is 18.8 Å². The van der Waals surface area contributed by atoms with Gasteiger partial charge in [0, 0.05) is 5.69 Å². The molecule has 1 N–H and O–H groups in total. The Hall–Kier alpha value is -1.53. The Morgan fingerprint density at radius 1 is 1.33 bits per heavy atom. The van der Waals surface area contributed by atoms with E-state index in [2.05, 4.69) is 24.1 Å². The largest absolute Gasteiger partial charge is 0.360 e. The van der Waals surface area contributed by atoms with E-state index in [1.807, 2.05) is 18.2 Å². The van der Waals surface area contributed by atoms with Crippen molar-refractivity contribution in [2.45, 2.75) is 0 Å². The van der Waals surface area contributed by atoms with Crippen LogP contribution in [0.2, 0.25) is 0 Å². The predicted molar refractivity (Wildman–Crippen MR) is 60.0 cm³/mol. The molecule has 0 saturated carbocycles. The van der Waals surface area contributed by atoms with Gasteiger partial charge in [-0.05, 0) is 18.2 Å². The zero-order chi connectivity index (χ0) is 10.7. The molecule has 1 heterocycles. The molecule has 0 atom stereocenters. The van der Waals surface area contributed by atoms with Crippen molar-refractivity contribution in [1.82, 2.24) is 0 Å². The number of nitrogens with one attached hydrogen (secondary N) is 1. The molecule has 3 nitrogen and oxygen atoms in total. The number of piperazine rings is 1. The number of anilines is 1. The van der Waals surface area contributed by atoms with Gasteiger partial charge in [-0.1, -0.05) is 6.07 Å². The standard InChI is InChI=1S/C12H15N3/c1-14-5-7-15(8-6-14)12-4-2-3-11(9-12)10-13/h2-4,9H,5-8H2,1H3/p+1. The van der Waals surface area contributed by atoms with Crippen LogP contribution in [-0.4, -0.2) is 33.2 Å². The lowest BCUT2D eigenvalue weighted by Gasteiger charge is -2.31. The monoisotopic (exact) mass is 202 g/mol. The summed E-state index contributed by atoms with van der Waals surface area (Å²) in [6.07, 6.45) is 0. The van der Waals surface area contributed by atoms with Gasteiger partial charge in [-0.15, -0.1) is 0 Å². The van der Waals surface area contributed by atoms with E-state index in [9.17, 15) is 0 Å². The highest BCUT2D eigenvalue weighted by Gasteiger charge is 2.16. The zero-order valence-corrected chi connectivity index (χ0v) is 9.03. The number of nitrogens with zero attached hydrogens (tertiary/aromatic N) is 2. The van der Waals surface area contributed by atoms with Gasteiger partial charge in [0.1, 0.15) is 0 Å². The zero-order valence-electron chi connectivity index (χ0n) is 9.03. The predicted octanol–water partition coefficient (Wildman–Crippen LogP) is -0.107. The SMILES string of the molecule is C[NH+]1CCN(c2cccc(C#N)c2)CC1. The van der Waals surface area contributed by atoms with Crippen LogP contribution in [0.5, 0.6) is 0 Å². The Morgan fingerprint density at radius 2 is 2.07 bits per heavy atom. The summed E-state index contributed by atoms with van der Waals surface area (Å²) >= 11 is 0. The first kappa shape index (κ1) is 10.0. The van der Waals surface area contributed by atoms with Crippen LogP contribution in [0.3, 0.4) is 0 Å². The second kappa shape index (κ2) is 4.33. The Kier molecular flexibility index (Phi) is 2.89. The summed E-state index contributed by atoms with van der Waals surface area (Å²) in [4.78, 5) is 3.94. The van der Waals surface area contributed by atoms with E-state index < -0.39 is 0 Å². The topological polar surface area (TPSA) is 31.5 Å². The molecule has 0 aliphatic carbocycles. The van der Waals surface area contributed by atoms with Crippen molar-refractivity contribution >= 4 is 5.69 Å². The third-order valence-electron chi connectivity index (χ3n) is 2.96. The second-order valence-corrected chi connectivity index (χ2v) is 4.11. The minimum Gasteiger partial charge on any atom is -0.360 e. The van der Waals surface area contributed by atoms with Crippen molar-refractivity contribution in [1.29, 1.82) is 5.26 Å². The number of nitriles is 1. The van der Waals surface area contributed by atoms with E-state index in [-0.39, 0.29) is 0 Å². The van der Waals surface area contributed by atoms with Crippen molar-refractivity contribution < 1.29 is 4.90 Å². The molecule has 1 aliphatic rings. The van der Waals surface area contributed by atoms with Gasteiger partial charge in [-0.3, -0.25) is 0 Å². The minimum absolute atomic E-state index is 0.749. The molecule has 0 bridgehead atoms. The van der Waals surface area contributed by atoms with Crippen molar-refractivity contribution in [2.75, 3.05) is 38.1 Å². The van der Waals surface area contributed by atoms with E-state index in [4.69, 9.17) is 5.26 Å². The van der Waals surface area contributed by atoms with Gasteiger partial charge in [0.25, 0.3) is 0 Å². The highest BCUT2D eigenvalue weighted by molar-refractivity contribution is 5.51. The molecule has 1 saturated heterocycles. The maximum atomic E-state index is 8.83. The summed E-state index contributed by atoms with van der Waals surface area (Å²) in [5.41, 5.74) is 1.93. The maximum Gasteiger partial charge on any atom is 0.0992 e. The quantitative estimate of drug-likeness (QED) is 0.689. The third-order valence-corrected chi connectivity index (χ3v) is 2.96. The van der Waals surface area contributed by atoms with Crippen LogP contribution in [0.25, 0.3) is 0 Å². The van der Waals surface area contributed by atoms with Crippen LogP contribution in [0.1, 0.15) is 5.56 Å². The summed E-state index contributed by atoms with van der Waals surface area (Å²) in [6, 6.07) is 10.1. The summed E-state index contributed by atoms with van der Waals surface area (Å²) in [5, 5.41) is 8.83. The van der Waals surface area contributed by atoms with Crippen LogP contribution in [0.4, 0.5) is 5.69 Å². The molecule has 0 unspecified atom stereocenters. The molecule has 0 amide bonds. The van der Waals surface area contributed by atoms with E-state index in [1.54, 1.807) is 4.90 Å². The van der Waals surface area contributed by atoms with Crippen molar-refractivity contribution in [3.05, 3.63) is 29.8 Å². The molecule has 0 aromatic heterocycles. The van der Waals surface area contributed by atoms with Crippen molar-refractivity contribution in [3.8, 4) is 6.07 Å². The fourth-order valence-corrected chi connectivity index (χ4v) is 1.92. The summed E-state index contributed by atoms with van der Waals surface area (Å²) < 4.78 is 0. The second-order valence-electron chi connectivity index (χ2n) is 4.11. The van der Waals surface area contributed by atoms with Gasteiger partial charge < -0.3 is 9.80 Å². The van der Waals surface area contributed by atoms with E-state index >= 15 is 0 Å². The smallest absolute Gasteiger partial charge is 0.0992 e. The number of benzene rings is 1. The summed E-state index contributed by atoms with van der Waals surface area (Å²) in [6.45, 7) is 4.52. The summed E-state index contributed by atoms with van der Waals surface area (Å²) in [5.74, 6) is 0. The highest BCUT2D eigenvalue weighted by Crippen LogP contribution is 2.15. The number of hydrogen-bond acceptors (Lipinski definition) is 2. The fourth-order valence-electron chi connectivity index (χ4n) is 1.92. The maximum absolute atomic E-state index is 8.83. The molecular weight excluding hydrogens is 186 g/mol. The lowest BCUT2D eigenvalue weighted by Crippen LogP contribution is -3.12. The van der Waals surface area contributed by atoms with Gasteiger partial charge in [-0.2, -0.15) is 5.26 Å². The first-order chi connectivity index (χ1) is 7.29. The Bertz CT molecular complexity index is 373. The van der Waals surface area contributed by atoms with Crippen molar-refractivity contribution in [3.63, 3.8) is 0 Å². The molecule has 3 heteroatoms. The lowest BCUT2D eigenvalue weighted by atomic mass is 10.2. The molecule has 1 aromatic carbocycles. The van der Waals surface area contributed by atoms with Crippen LogP contribution in [-0.2, 0) is 0 Å². The Labute approximate surface area is 90.5 Å². The van der Waals surface area contributed by atoms with E-state index in [0.29, 0.717) is 0 Å². The van der Waals surface area contributed by atoms with Gasteiger partial charge in [0.15, 0.2) is 0 Å². The lowest BCUT2D eigenvalue weighted by molar-refractivity contribution is -0.880. The highest BCUT2D eigenvalue weighted by atomic mass is 15.2. The molecule has 0 spiro atoms. The summed E-state index contributed by atoms with van der Waals surface area (Å²) in [7, 11) is 2.23. The Morgan fingerprint density at radius 3 is 2.73 bits per heavy atom. The molecule has 1 aromatic rings. The van der Waals surface area contributed by atoms with Gasteiger partial charge in [-0.25, -0.2) is 0 Å². The van der Waals surface area contributed by atoms with Crippen molar-refractivity contribution in [2.24, 2.45) is 0 Å². The Balaban J connectivity index is 2.12. The molecular formula is C12H16N3+. The number of rotatable bonds is 1. The molecule has 0 radical (unpaired) electrons. The normalized spacial score (nSPS) is 17.5. The van der Waals surface area contributed by atoms with Crippen LogP contribution in [0, 0.1) is 11.3 Å². The molecule has 2 rings (SSSR count). The number of quaternary nitrogens is 1. The molecule has 15 heavy (non-hydrogen) atoms. The first-order valence-electron chi connectivity index (χ1n) is 5.36. The minimum atomic E-state index is 0.749. The van der Waals surface area contributed by atoms with E-state index in [0.717, 1.165) is 18.7 Å². The third kappa shape index (κ3) is 2.28. The molecule has 78 valence electrons. The number of hydrogen-bond donors (Lipinski definition) is 1. The average Bonchev–Trinajstić information content (AvgIpc) is 2.30. The van der Waals surface area contributed by atoms with Gasteiger partial charge >= 0.3 is 0 Å². The molecule has 1 fully saturated rings. The van der Waals surface area contributed by atoms with Crippen LogP contribution < -0.4 is 9.80 Å². The van der Waals surface area contributed by atoms with Crippen LogP contribution in [0.15, 0.2) is 24.3 Å². The van der Waals surface area contributed by atoms with Crippen LogP contribution >= 0.6 is 0 Å². The first-order valence-corrected chi connectivity index (χ1v) is 5.36. The number of likely N-dealkylation sites (N-methyl/N-ethyl adjacent to an activating group) is 1. The van der Waals surface area contributed by atoms with Gasteiger partial charge in [0.05, 0.1) is 44.9 Å². The average molecular weight is 202 g/mol. The van der Waals surface area contributed by atoms with Gasteiger partial charge in [0.2, 0.25) is 0 Å². The molecule has 1 aliphatic heterocycles. The fraction of sp³-hybridized carbons (Fsp3) is 0.417.